The molecule has 3 aromatic rings. The Morgan fingerprint density at radius 1 is 0.951 bits per heavy atom. The summed E-state index contributed by atoms with van der Waals surface area (Å²) in [7, 11) is 4.59. The number of hydrogen-bond donors (Lipinski definition) is 4. The third kappa shape index (κ3) is 6.24. The monoisotopic (exact) mass is 560 g/mol. The van der Waals surface area contributed by atoms with E-state index in [9.17, 15) is 19.2 Å². The number of nitrogens with two attached hydrogens (primary N) is 1. The molecule has 1 atom stereocenters. The number of methoxy groups -OCH3 is 3. The summed E-state index contributed by atoms with van der Waals surface area (Å²) in [5, 5.41) is 8.57. The average molecular weight is 561 g/mol. The molecular weight excluding hydrogens is 528 g/mol. The first-order chi connectivity index (χ1) is 19.7. The number of rotatable bonds is 9. The Labute approximate surface area is 237 Å². The third-order valence-corrected chi connectivity index (χ3v) is 6.81. The molecule has 0 saturated heterocycles. The van der Waals surface area contributed by atoms with E-state index in [0.717, 1.165) is 11.1 Å². The average Bonchev–Trinajstić information content (AvgIpc) is 3.19. The second-order valence-corrected chi connectivity index (χ2v) is 9.44. The van der Waals surface area contributed by atoms with Gasteiger partial charge in [0.1, 0.15) is 0 Å². The summed E-state index contributed by atoms with van der Waals surface area (Å²) < 4.78 is 16.9. The van der Waals surface area contributed by atoms with Gasteiger partial charge in [0.15, 0.2) is 11.5 Å². The van der Waals surface area contributed by atoms with E-state index in [2.05, 4.69) is 16.0 Å². The lowest BCUT2D eigenvalue weighted by Crippen LogP contribution is -2.27. The summed E-state index contributed by atoms with van der Waals surface area (Å²) in [5.74, 6) is 0.162. The fourth-order valence-corrected chi connectivity index (χ4v) is 4.95. The van der Waals surface area contributed by atoms with Gasteiger partial charge in [-0.25, -0.2) is 0 Å². The second kappa shape index (κ2) is 12.4. The SMILES string of the molecule is COc1cc2c(c(OC)c1OC)-c1ccc(NCC(=O)Nc3ccc(C(N)=O)cc3)c(=O)cc1C(NC(C)=O)CC2. The van der Waals surface area contributed by atoms with Gasteiger partial charge in [-0.1, -0.05) is 6.07 Å². The minimum absolute atomic E-state index is 0.193. The molecule has 0 heterocycles. The number of amides is 3. The predicted octanol–water partition coefficient (Wildman–Crippen LogP) is 3.01. The van der Waals surface area contributed by atoms with Gasteiger partial charge >= 0.3 is 0 Å². The van der Waals surface area contributed by atoms with Crippen molar-refractivity contribution in [1.82, 2.24) is 5.32 Å². The zero-order valence-corrected chi connectivity index (χ0v) is 23.3. The minimum atomic E-state index is -0.568. The standard InChI is InChI=1S/C30H32N4O7/c1-16(35)33-22-11-7-18-13-25(39-2)28(40-3)29(41-4)27(18)20-10-12-23(24(36)14-21(20)22)32-15-26(37)34-19-8-5-17(6-9-19)30(31)38/h5-6,8-10,12-14,22H,7,11,15H2,1-4H3,(H2,31,38)(H,32,36)(H,33,35)(H,34,37). The number of ether oxygens (including phenoxy) is 3. The summed E-state index contributed by atoms with van der Waals surface area (Å²) in [4.78, 5) is 49.3. The number of benzene rings is 2. The van der Waals surface area contributed by atoms with E-state index >= 15 is 0 Å². The van der Waals surface area contributed by atoms with Crippen molar-refractivity contribution in [2.75, 3.05) is 38.5 Å². The van der Waals surface area contributed by atoms with Gasteiger partial charge in [0, 0.05) is 23.7 Å². The van der Waals surface area contributed by atoms with Gasteiger partial charge in [-0.15, -0.1) is 0 Å². The van der Waals surface area contributed by atoms with Crippen molar-refractivity contribution in [1.29, 1.82) is 0 Å². The van der Waals surface area contributed by atoms with Crippen molar-refractivity contribution in [3.8, 4) is 28.4 Å². The molecule has 0 spiro atoms. The van der Waals surface area contributed by atoms with Crippen LogP contribution in [0.3, 0.4) is 0 Å². The number of hydrogen-bond acceptors (Lipinski definition) is 8. The number of nitrogens with one attached hydrogen (secondary N) is 3. The second-order valence-electron chi connectivity index (χ2n) is 9.44. The number of carbonyl (C=O) groups is 3. The Morgan fingerprint density at radius 3 is 2.27 bits per heavy atom. The van der Waals surface area contributed by atoms with Crippen molar-refractivity contribution in [2.45, 2.75) is 25.8 Å². The Kier molecular flexibility index (Phi) is 8.76. The van der Waals surface area contributed by atoms with Gasteiger partial charge in [-0.3, -0.25) is 19.2 Å². The molecule has 1 aliphatic carbocycles. The summed E-state index contributed by atoms with van der Waals surface area (Å²) in [6.07, 6.45) is 1.11. The molecule has 214 valence electrons. The molecule has 0 saturated carbocycles. The maximum absolute atomic E-state index is 13.4. The quantitative estimate of drug-likeness (QED) is 0.311. The topological polar surface area (TPSA) is 158 Å². The highest BCUT2D eigenvalue weighted by Gasteiger charge is 2.29. The number of primary amides is 1. The first-order valence-corrected chi connectivity index (χ1v) is 12.9. The van der Waals surface area contributed by atoms with Gasteiger partial charge in [-0.2, -0.15) is 0 Å². The first kappa shape index (κ1) is 28.9. The van der Waals surface area contributed by atoms with Crippen LogP contribution in [-0.2, 0) is 16.0 Å². The lowest BCUT2D eigenvalue weighted by molar-refractivity contribution is -0.119. The van der Waals surface area contributed by atoms with E-state index in [4.69, 9.17) is 19.9 Å². The van der Waals surface area contributed by atoms with Crippen molar-refractivity contribution in [2.24, 2.45) is 5.73 Å². The van der Waals surface area contributed by atoms with Crippen LogP contribution in [-0.4, -0.2) is 45.6 Å². The third-order valence-electron chi connectivity index (χ3n) is 6.81. The highest BCUT2D eigenvalue weighted by atomic mass is 16.5. The number of aryl methyl sites for hydroxylation is 1. The molecule has 5 N–H and O–H groups in total. The molecule has 11 nitrogen and oxygen atoms in total. The highest BCUT2D eigenvalue weighted by molar-refractivity contribution is 5.96. The van der Waals surface area contributed by atoms with Gasteiger partial charge in [0.25, 0.3) is 0 Å². The fraction of sp³-hybridized carbons (Fsp3) is 0.267. The molecule has 3 amide bonds. The maximum Gasteiger partial charge on any atom is 0.248 e. The molecule has 1 unspecified atom stereocenters. The van der Waals surface area contributed by atoms with E-state index in [1.807, 2.05) is 6.07 Å². The summed E-state index contributed by atoms with van der Waals surface area (Å²) in [6.45, 7) is 1.24. The Hall–Kier alpha value is -5.06. The van der Waals surface area contributed by atoms with E-state index in [-0.39, 0.29) is 23.6 Å². The number of fused-ring (bicyclic) bond motifs is 3. The molecule has 4 rings (SSSR count). The Balaban J connectivity index is 1.72. The fourth-order valence-electron chi connectivity index (χ4n) is 4.95. The first-order valence-electron chi connectivity index (χ1n) is 12.9. The van der Waals surface area contributed by atoms with Crippen LogP contribution in [0.2, 0.25) is 0 Å². The minimum Gasteiger partial charge on any atom is -0.493 e. The van der Waals surface area contributed by atoms with Crippen LogP contribution in [0, 0.1) is 0 Å². The van der Waals surface area contributed by atoms with Crippen molar-refractivity contribution >= 4 is 29.1 Å². The van der Waals surface area contributed by atoms with Crippen LogP contribution in [0.5, 0.6) is 17.2 Å². The predicted molar refractivity (Wildman–Crippen MR) is 155 cm³/mol. The molecular formula is C30H32N4O7. The van der Waals surface area contributed by atoms with Crippen LogP contribution in [0.25, 0.3) is 11.1 Å². The molecule has 3 aromatic carbocycles. The van der Waals surface area contributed by atoms with Crippen molar-refractivity contribution < 1.29 is 28.6 Å². The zero-order chi connectivity index (χ0) is 29.7. The van der Waals surface area contributed by atoms with Crippen LogP contribution in [0.4, 0.5) is 11.4 Å². The molecule has 11 heteroatoms. The summed E-state index contributed by atoms with van der Waals surface area (Å²) in [5.41, 5.74) is 8.81. The molecule has 0 radical (unpaired) electrons. The molecule has 41 heavy (non-hydrogen) atoms. The Morgan fingerprint density at radius 2 is 1.66 bits per heavy atom. The van der Waals surface area contributed by atoms with E-state index in [1.165, 1.54) is 39.3 Å². The van der Waals surface area contributed by atoms with E-state index in [1.54, 1.807) is 31.4 Å². The molecule has 0 aromatic heterocycles. The highest BCUT2D eigenvalue weighted by Crippen LogP contribution is 2.50. The lowest BCUT2D eigenvalue weighted by atomic mass is 9.95. The van der Waals surface area contributed by atoms with E-state index < -0.39 is 17.9 Å². The largest absolute Gasteiger partial charge is 0.493 e. The van der Waals surface area contributed by atoms with Crippen LogP contribution >= 0.6 is 0 Å². The van der Waals surface area contributed by atoms with Crippen LogP contribution in [0.15, 0.2) is 53.3 Å². The molecule has 0 aliphatic heterocycles. The normalized spacial score (nSPS) is 13.5. The van der Waals surface area contributed by atoms with Crippen molar-refractivity contribution in [3.63, 3.8) is 0 Å². The van der Waals surface area contributed by atoms with Crippen molar-refractivity contribution in [3.05, 3.63) is 75.4 Å². The van der Waals surface area contributed by atoms with Gasteiger partial charge in [-0.05, 0) is 72.0 Å². The van der Waals surface area contributed by atoms with E-state index in [0.29, 0.717) is 52.5 Å². The number of carbonyl (C=O) groups excluding carboxylic acids is 3. The van der Waals surface area contributed by atoms with Crippen LogP contribution in [0.1, 0.15) is 40.9 Å². The molecule has 0 fully saturated rings. The summed E-state index contributed by atoms with van der Waals surface area (Å²) in [6, 6.07) is 12.4. The molecule has 0 bridgehead atoms. The maximum atomic E-state index is 13.4. The Bertz CT molecular complexity index is 1550. The summed E-state index contributed by atoms with van der Waals surface area (Å²) >= 11 is 0. The number of anilines is 2. The molecule has 1 aliphatic rings. The van der Waals surface area contributed by atoms with Gasteiger partial charge in [0.2, 0.25) is 28.9 Å². The zero-order valence-electron chi connectivity index (χ0n) is 23.3. The smallest absolute Gasteiger partial charge is 0.248 e. The van der Waals surface area contributed by atoms with Gasteiger partial charge in [0.05, 0.1) is 39.6 Å². The van der Waals surface area contributed by atoms with Gasteiger partial charge < -0.3 is 35.9 Å². The lowest BCUT2D eigenvalue weighted by Gasteiger charge is -2.19. The van der Waals surface area contributed by atoms with Crippen LogP contribution < -0.4 is 41.3 Å².